The molecule has 0 unspecified atom stereocenters. The van der Waals surface area contributed by atoms with Crippen LogP contribution >= 0.6 is 0 Å². The van der Waals surface area contributed by atoms with E-state index in [0.29, 0.717) is 24.2 Å². The van der Waals surface area contributed by atoms with Crippen LogP contribution in [0.5, 0.6) is 0 Å². The second kappa shape index (κ2) is 4.50. The van der Waals surface area contributed by atoms with Crippen molar-refractivity contribution < 1.29 is 9.22 Å². The summed E-state index contributed by atoms with van der Waals surface area (Å²) in [5.74, 6) is 1.63. The van der Waals surface area contributed by atoms with Gasteiger partial charge in [0.2, 0.25) is 0 Å². The topological polar surface area (TPSA) is 26.3 Å². The Balaban J connectivity index is 2.18. The lowest BCUT2D eigenvalue weighted by Gasteiger charge is -2.42. The minimum atomic E-state index is -1.52. The van der Waals surface area contributed by atoms with Crippen LogP contribution in [0.3, 0.4) is 0 Å². The summed E-state index contributed by atoms with van der Waals surface area (Å²) in [6, 6.07) is 0. The number of carbonyl (C=O) groups is 1. The van der Waals surface area contributed by atoms with E-state index in [2.05, 4.69) is 26.6 Å². The maximum atomic E-state index is 12.5. The number of ketones is 1. The highest BCUT2D eigenvalue weighted by Gasteiger charge is 2.54. The summed E-state index contributed by atoms with van der Waals surface area (Å²) in [6.07, 6.45) is 5.58. The quantitative estimate of drug-likeness (QED) is 0.719. The van der Waals surface area contributed by atoms with Crippen LogP contribution in [0, 0.1) is 17.3 Å². The smallest absolute Gasteiger partial charge is 0.183 e. The first-order valence-electron chi connectivity index (χ1n) is 7.03. The zero-order valence-corrected chi connectivity index (χ0v) is 12.7. The van der Waals surface area contributed by atoms with Crippen molar-refractivity contribution in [1.29, 1.82) is 0 Å². The lowest BCUT2D eigenvalue weighted by atomic mass is 9.64. The minimum Gasteiger partial charge on any atom is -0.417 e. The van der Waals surface area contributed by atoms with Crippen LogP contribution in [-0.4, -0.2) is 20.7 Å². The summed E-state index contributed by atoms with van der Waals surface area (Å²) >= 11 is 0. The second-order valence-corrected chi connectivity index (χ2v) is 11.4. The fourth-order valence-electron chi connectivity index (χ4n) is 3.69. The molecular formula is C14H26O2Si. The average Bonchev–Trinajstić information content (AvgIpc) is 2.55. The van der Waals surface area contributed by atoms with E-state index in [1.165, 1.54) is 19.3 Å². The van der Waals surface area contributed by atoms with Gasteiger partial charge in [-0.25, -0.2) is 0 Å². The fourth-order valence-corrected chi connectivity index (χ4v) is 4.36. The first-order valence-corrected chi connectivity index (χ1v) is 10.4. The third-order valence-corrected chi connectivity index (χ3v) is 5.79. The minimum absolute atomic E-state index is 0.113. The Kier molecular flexibility index (Phi) is 3.52. The van der Waals surface area contributed by atoms with E-state index in [9.17, 15) is 4.79 Å². The predicted octanol–water partition coefficient (Wildman–Crippen LogP) is 3.62. The van der Waals surface area contributed by atoms with E-state index in [1.54, 1.807) is 0 Å². The zero-order chi connectivity index (χ0) is 12.7. The first-order chi connectivity index (χ1) is 7.86. The normalized spacial score (nSPS) is 38.2. The Labute approximate surface area is 106 Å². The van der Waals surface area contributed by atoms with E-state index in [1.807, 2.05) is 0 Å². The molecule has 0 heterocycles. The monoisotopic (exact) mass is 254 g/mol. The van der Waals surface area contributed by atoms with Gasteiger partial charge < -0.3 is 4.43 Å². The van der Waals surface area contributed by atoms with Gasteiger partial charge in [-0.1, -0.05) is 6.92 Å². The summed E-state index contributed by atoms with van der Waals surface area (Å²) in [5, 5.41) is 0. The van der Waals surface area contributed by atoms with Crippen LogP contribution in [0.2, 0.25) is 19.6 Å². The van der Waals surface area contributed by atoms with Crippen molar-refractivity contribution in [2.75, 3.05) is 6.61 Å². The summed E-state index contributed by atoms with van der Waals surface area (Å²) in [5.41, 5.74) is -0.113. The Morgan fingerprint density at radius 1 is 1.29 bits per heavy atom. The standard InChI is InChI=1S/C14H26O2Si/c1-11-8-9-12-6-5-7-13(15)14(11,12)10-16-17(2,3)4/h11-12H,5-10H2,1-4H3/t11-,12+,14-/m1/s1. The van der Waals surface area contributed by atoms with Gasteiger partial charge in [0.1, 0.15) is 5.78 Å². The number of Topliss-reactive ketones (excluding diaryl/α,β-unsaturated/α-hetero) is 1. The van der Waals surface area contributed by atoms with Crippen LogP contribution in [0.4, 0.5) is 0 Å². The van der Waals surface area contributed by atoms with E-state index in [0.717, 1.165) is 12.8 Å². The fraction of sp³-hybridized carbons (Fsp3) is 0.929. The highest BCUT2D eigenvalue weighted by atomic mass is 28.4. The van der Waals surface area contributed by atoms with E-state index in [4.69, 9.17) is 4.43 Å². The molecule has 3 atom stereocenters. The average molecular weight is 254 g/mol. The molecule has 0 spiro atoms. The van der Waals surface area contributed by atoms with Crippen molar-refractivity contribution in [2.45, 2.75) is 58.7 Å². The van der Waals surface area contributed by atoms with E-state index < -0.39 is 8.32 Å². The molecule has 2 aliphatic rings. The molecule has 0 amide bonds. The van der Waals surface area contributed by atoms with Gasteiger partial charge in [-0.2, -0.15) is 0 Å². The highest BCUT2D eigenvalue weighted by molar-refractivity contribution is 6.69. The molecule has 0 radical (unpaired) electrons. The molecule has 0 aromatic carbocycles. The molecule has 2 fully saturated rings. The Morgan fingerprint density at radius 2 is 2.00 bits per heavy atom. The van der Waals surface area contributed by atoms with E-state index in [-0.39, 0.29) is 5.41 Å². The molecule has 0 aliphatic heterocycles. The van der Waals surface area contributed by atoms with Gasteiger partial charge >= 0.3 is 0 Å². The third kappa shape index (κ3) is 2.36. The summed E-state index contributed by atoms with van der Waals surface area (Å²) in [6.45, 7) is 9.60. The Morgan fingerprint density at radius 3 is 2.65 bits per heavy atom. The third-order valence-electron chi connectivity index (χ3n) is 4.78. The number of fused-ring (bicyclic) bond motifs is 1. The van der Waals surface area contributed by atoms with Crippen LogP contribution in [-0.2, 0) is 9.22 Å². The molecule has 98 valence electrons. The van der Waals surface area contributed by atoms with Gasteiger partial charge in [-0.05, 0) is 57.2 Å². The maximum Gasteiger partial charge on any atom is 0.183 e. The zero-order valence-electron chi connectivity index (χ0n) is 11.7. The van der Waals surface area contributed by atoms with Crippen molar-refractivity contribution in [3.63, 3.8) is 0 Å². The number of hydrogen-bond donors (Lipinski definition) is 0. The van der Waals surface area contributed by atoms with Gasteiger partial charge in [0.15, 0.2) is 8.32 Å². The molecule has 2 saturated carbocycles. The molecule has 2 nitrogen and oxygen atoms in total. The van der Waals surface area contributed by atoms with Crippen LogP contribution in [0.25, 0.3) is 0 Å². The van der Waals surface area contributed by atoms with Crippen molar-refractivity contribution in [2.24, 2.45) is 17.3 Å². The molecule has 0 bridgehead atoms. The molecular weight excluding hydrogens is 228 g/mol. The van der Waals surface area contributed by atoms with Crippen LogP contribution < -0.4 is 0 Å². The highest BCUT2D eigenvalue weighted by Crippen LogP contribution is 2.54. The van der Waals surface area contributed by atoms with Gasteiger partial charge in [0.05, 0.1) is 5.41 Å². The molecule has 0 aromatic heterocycles. The SMILES string of the molecule is C[C@@H]1CC[C@@H]2CCCC(=O)[C@@]21CO[Si](C)(C)C. The lowest BCUT2D eigenvalue weighted by Crippen LogP contribution is -2.48. The van der Waals surface area contributed by atoms with E-state index >= 15 is 0 Å². The Hall–Kier alpha value is -0.153. The number of carbonyl (C=O) groups excluding carboxylic acids is 1. The molecule has 0 N–H and O–H groups in total. The predicted molar refractivity (Wildman–Crippen MR) is 72.5 cm³/mol. The molecule has 3 heteroatoms. The van der Waals surface area contributed by atoms with Crippen molar-refractivity contribution in [3.8, 4) is 0 Å². The summed E-state index contributed by atoms with van der Waals surface area (Å²) in [4.78, 5) is 12.5. The molecule has 0 saturated heterocycles. The number of hydrogen-bond acceptors (Lipinski definition) is 2. The van der Waals surface area contributed by atoms with Gasteiger partial charge in [0, 0.05) is 13.0 Å². The van der Waals surface area contributed by atoms with Crippen molar-refractivity contribution in [1.82, 2.24) is 0 Å². The van der Waals surface area contributed by atoms with Gasteiger partial charge in [-0.15, -0.1) is 0 Å². The first kappa shape index (κ1) is 13.3. The lowest BCUT2D eigenvalue weighted by molar-refractivity contribution is -0.139. The summed E-state index contributed by atoms with van der Waals surface area (Å²) in [7, 11) is -1.52. The molecule has 2 rings (SSSR count). The molecule has 0 aromatic rings. The largest absolute Gasteiger partial charge is 0.417 e. The van der Waals surface area contributed by atoms with Crippen LogP contribution in [0.15, 0.2) is 0 Å². The second-order valence-electron chi connectivity index (χ2n) is 6.93. The van der Waals surface area contributed by atoms with Crippen LogP contribution in [0.1, 0.15) is 39.0 Å². The van der Waals surface area contributed by atoms with Crippen molar-refractivity contribution in [3.05, 3.63) is 0 Å². The van der Waals surface area contributed by atoms with Crippen molar-refractivity contribution >= 4 is 14.1 Å². The summed E-state index contributed by atoms with van der Waals surface area (Å²) < 4.78 is 6.13. The number of rotatable bonds is 3. The Bertz CT molecular complexity index is 306. The van der Waals surface area contributed by atoms with Gasteiger partial charge in [0.25, 0.3) is 0 Å². The molecule has 2 aliphatic carbocycles. The van der Waals surface area contributed by atoms with Gasteiger partial charge in [-0.3, -0.25) is 4.79 Å². The maximum absolute atomic E-state index is 12.5. The molecule has 17 heavy (non-hydrogen) atoms.